The molecule has 2 N–H and O–H groups in total. The zero-order chi connectivity index (χ0) is 14.7. The molecule has 0 aromatic heterocycles. The number of nitrogens with zero attached hydrogens (tertiary/aromatic N) is 1. The molecule has 0 radical (unpaired) electrons. The lowest BCUT2D eigenvalue weighted by Gasteiger charge is -2.17. The van der Waals surface area contributed by atoms with Crippen LogP contribution in [-0.4, -0.2) is 50.0 Å². The fourth-order valence-electron chi connectivity index (χ4n) is 1.93. The summed E-state index contributed by atoms with van der Waals surface area (Å²) in [5.41, 5.74) is 0.632. The summed E-state index contributed by atoms with van der Waals surface area (Å²) in [5, 5.41) is 12.4. The van der Waals surface area contributed by atoms with Gasteiger partial charge in [0.2, 0.25) is 6.79 Å². The molecule has 0 spiro atoms. The number of carboxylic acid groups (broad SMARTS) is 1. The number of fused-ring (bicyclic) bond motifs is 1. The first kappa shape index (κ1) is 15.1. The molecule has 1 aliphatic heterocycles. The van der Waals surface area contributed by atoms with Crippen LogP contribution in [0.2, 0.25) is 0 Å². The lowest BCUT2D eigenvalue weighted by Crippen LogP contribution is -2.33. The summed E-state index contributed by atoms with van der Waals surface area (Å²) in [7, 11) is 3.88. The highest BCUT2D eigenvalue weighted by Crippen LogP contribution is 2.41. The maximum atomic E-state index is 11.4. The number of likely N-dealkylation sites (N-methyl/N-ethyl adjacent to an activating group) is 1. The van der Waals surface area contributed by atoms with Crippen LogP contribution in [0.1, 0.15) is 11.6 Å². The number of hydrogen-bond donors (Lipinski definition) is 2. The van der Waals surface area contributed by atoms with Crippen molar-refractivity contribution in [3.8, 4) is 11.5 Å². The number of halogens is 1. The molecule has 0 saturated carbocycles. The molecule has 110 valence electrons. The van der Waals surface area contributed by atoms with E-state index < -0.39 is 12.0 Å². The summed E-state index contributed by atoms with van der Waals surface area (Å²) >= 11 is 3.37. The highest BCUT2D eigenvalue weighted by Gasteiger charge is 2.25. The number of nitrogens with one attached hydrogen (secondary N) is 1. The molecule has 1 aliphatic rings. The molecule has 1 heterocycles. The second-order valence-corrected chi connectivity index (χ2v) is 5.62. The maximum Gasteiger partial charge on any atom is 0.325 e. The van der Waals surface area contributed by atoms with Crippen LogP contribution in [-0.2, 0) is 4.79 Å². The van der Waals surface area contributed by atoms with Crippen molar-refractivity contribution < 1.29 is 19.4 Å². The largest absolute Gasteiger partial charge is 0.480 e. The molecule has 1 atom stereocenters. The Bertz CT molecular complexity index is 507. The van der Waals surface area contributed by atoms with Crippen LogP contribution in [0.3, 0.4) is 0 Å². The Morgan fingerprint density at radius 2 is 2.25 bits per heavy atom. The lowest BCUT2D eigenvalue weighted by molar-refractivity contribution is -0.139. The number of aliphatic carboxylic acids is 1. The molecule has 0 amide bonds. The van der Waals surface area contributed by atoms with E-state index in [1.165, 1.54) is 0 Å². The lowest BCUT2D eigenvalue weighted by atomic mass is 10.1. The van der Waals surface area contributed by atoms with Gasteiger partial charge in [-0.05, 0) is 47.7 Å². The van der Waals surface area contributed by atoms with E-state index in [0.29, 0.717) is 28.1 Å². The molecule has 0 fully saturated rings. The number of carboxylic acids is 1. The number of hydrogen-bond acceptors (Lipinski definition) is 5. The zero-order valence-corrected chi connectivity index (χ0v) is 12.9. The summed E-state index contributed by atoms with van der Waals surface area (Å²) < 4.78 is 11.3. The van der Waals surface area contributed by atoms with E-state index in [4.69, 9.17) is 9.47 Å². The van der Waals surface area contributed by atoms with Crippen molar-refractivity contribution in [2.45, 2.75) is 6.04 Å². The molecule has 6 nitrogen and oxygen atoms in total. The highest BCUT2D eigenvalue weighted by molar-refractivity contribution is 9.10. The van der Waals surface area contributed by atoms with Gasteiger partial charge in [0, 0.05) is 13.1 Å². The van der Waals surface area contributed by atoms with Gasteiger partial charge in [0.25, 0.3) is 0 Å². The van der Waals surface area contributed by atoms with Crippen LogP contribution in [0.25, 0.3) is 0 Å². The second-order valence-electron chi connectivity index (χ2n) is 4.77. The number of ether oxygens (including phenoxy) is 2. The van der Waals surface area contributed by atoms with Crippen molar-refractivity contribution >= 4 is 21.9 Å². The molecule has 1 unspecified atom stereocenters. The van der Waals surface area contributed by atoms with Crippen molar-refractivity contribution in [1.82, 2.24) is 10.2 Å². The SMILES string of the molecule is CN(C)CCNC(C(=O)O)c1cc(Br)c2c(c1)OCO2. The van der Waals surface area contributed by atoms with Gasteiger partial charge in [-0.3, -0.25) is 10.1 Å². The second kappa shape index (κ2) is 6.43. The minimum absolute atomic E-state index is 0.156. The number of benzene rings is 1. The molecular formula is C13H17BrN2O4. The van der Waals surface area contributed by atoms with E-state index in [9.17, 15) is 9.90 Å². The predicted molar refractivity (Wildman–Crippen MR) is 77.2 cm³/mol. The monoisotopic (exact) mass is 344 g/mol. The first-order valence-corrected chi connectivity index (χ1v) is 6.98. The third-order valence-electron chi connectivity index (χ3n) is 2.94. The summed E-state index contributed by atoms with van der Waals surface area (Å²) in [6.45, 7) is 1.49. The molecule has 2 rings (SSSR count). The fraction of sp³-hybridized carbons (Fsp3) is 0.462. The Kier molecular flexibility index (Phi) is 4.85. The van der Waals surface area contributed by atoms with Crippen molar-refractivity contribution in [1.29, 1.82) is 0 Å². The van der Waals surface area contributed by atoms with Crippen LogP contribution in [0.5, 0.6) is 11.5 Å². The summed E-state index contributed by atoms with van der Waals surface area (Å²) in [4.78, 5) is 13.4. The first-order valence-electron chi connectivity index (χ1n) is 6.19. The summed E-state index contributed by atoms with van der Waals surface area (Å²) in [6, 6.07) is 2.67. The Hall–Kier alpha value is -1.31. The van der Waals surface area contributed by atoms with Crippen molar-refractivity contribution in [2.75, 3.05) is 34.0 Å². The molecule has 0 bridgehead atoms. The van der Waals surface area contributed by atoms with Gasteiger partial charge in [-0.25, -0.2) is 0 Å². The molecule has 1 aromatic rings. The van der Waals surface area contributed by atoms with E-state index in [1.54, 1.807) is 12.1 Å². The van der Waals surface area contributed by atoms with Gasteiger partial charge in [0.15, 0.2) is 11.5 Å². The summed E-state index contributed by atoms with van der Waals surface area (Å²) in [6.07, 6.45) is 0. The normalized spacial score (nSPS) is 14.6. The zero-order valence-electron chi connectivity index (χ0n) is 11.4. The fourth-order valence-corrected chi connectivity index (χ4v) is 2.51. The number of carbonyl (C=O) groups is 1. The van der Waals surface area contributed by atoms with Gasteiger partial charge >= 0.3 is 5.97 Å². The van der Waals surface area contributed by atoms with Crippen LogP contribution >= 0.6 is 15.9 Å². The van der Waals surface area contributed by atoms with Crippen molar-refractivity contribution in [2.24, 2.45) is 0 Å². The number of rotatable bonds is 6. The Balaban J connectivity index is 2.17. The smallest absolute Gasteiger partial charge is 0.325 e. The van der Waals surface area contributed by atoms with Crippen LogP contribution in [0, 0.1) is 0 Å². The van der Waals surface area contributed by atoms with E-state index in [0.717, 1.165) is 6.54 Å². The highest BCUT2D eigenvalue weighted by atomic mass is 79.9. The van der Waals surface area contributed by atoms with E-state index in [2.05, 4.69) is 21.2 Å². The van der Waals surface area contributed by atoms with Gasteiger partial charge in [0.05, 0.1) is 4.47 Å². The minimum Gasteiger partial charge on any atom is -0.480 e. The maximum absolute atomic E-state index is 11.4. The molecule has 0 saturated heterocycles. The van der Waals surface area contributed by atoms with E-state index in [1.807, 2.05) is 19.0 Å². The van der Waals surface area contributed by atoms with Gasteiger partial charge < -0.3 is 19.5 Å². The molecule has 0 aliphatic carbocycles. The average Bonchev–Trinajstić information content (AvgIpc) is 2.82. The topological polar surface area (TPSA) is 71.0 Å². The summed E-state index contributed by atoms with van der Waals surface area (Å²) in [5.74, 6) is 0.260. The van der Waals surface area contributed by atoms with Gasteiger partial charge in [-0.15, -0.1) is 0 Å². The third-order valence-corrected chi connectivity index (χ3v) is 3.53. The molecular weight excluding hydrogens is 328 g/mol. The molecule has 20 heavy (non-hydrogen) atoms. The predicted octanol–water partition coefficient (Wildman–Crippen LogP) is 1.45. The Morgan fingerprint density at radius 3 is 2.90 bits per heavy atom. The van der Waals surface area contributed by atoms with Gasteiger partial charge in [0.1, 0.15) is 6.04 Å². The van der Waals surface area contributed by atoms with Gasteiger partial charge in [-0.2, -0.15) is 0 Å². The van der Waals surface area contributed by atoms with Crippen LogP contribution in [0.15, 0.2) is 16.6 Å². The van der Waals surface area contributed by atoms with Crippen molar-refractivity contribution in [3.63, 3.8) is 0 Å². The molecule has 7 heteroatoms. The Labute approximate surface area is 125 Å². The Morgan fingerprint density at radius 1 is 1.50 bits per heavy atom. The minimum atomic E-state index is -0.922. The van der Waals surface area contributed by atoms with E-state index >= 15 is 0 Å². The van der Waals surface area contributed by atoms with E-state index in [-0.39, 0.29) is 6.79 Å². The van der Waals surface area contributed by atoms with Crippen LogP contribution < -0.4 is 14.8 Å². The standard InChI is InChI=1S/C13H17BrN2O4/c1-16(2)4-3-15-11(13(17)18)8-5-9(14)12-10(6-8)19-7-20-12/h5-6,11,15H,3-4,7H2,1-2H3,(H,17,18). The van der Waals surface area contributed by atoms with Gasteiger partial charge in [-0.1, -0.05) is 0 Å². The first-order chi connectivity index (χ1) is 9.49. The average molecular weight is 345 g/mol. The molecule has 1 aromatic carbocycles. The van der Waals surface area contributed by atoms with Crippen molar-refractivity contribution in [3.05, 3.63) is 22.2 Å². The third kappa shape index (κ3) is 3.41. The van der Waals surface area contributed by atoms with Crippen LogP contribution in [0.4, 0.5) is 0 Å². The quantitative estimate of drug-likeness (QED) is 0.813.